The van der Waals surface area contributed by atoms with E-state index in [4.69, 9.17) is 4.74 Å². The largest absolute Gasteiger partial charge is 0.484 e. The smallest absolute Gasteiger partial charge is 0.422 e. The summed E-state index contributed by atoms with van der Waals surface area (Å²) >= 11 is 1.62. The maximum absolute atomic E-state index is 12.2. The third kappa shape index (κ3) is 5.26. The summed E-state index contributed by atoms with van der Waals surface area (Å²) in [7, 11) is 0. The van der Waals surface area contributed by atoms with Crippen LogP contribution in [0, 0.1) is 6.92 Å². The molecule has 0 spiro atoms. The van der Waals surface area contributed by atoms with Crippen molar-refractivity contribution in [1.82, 2.24) is 5.32 Å². The number of hydrogen-bond donors (Lipinski definition) is 2. The first-order valence-electron chi connectivity index (χ1n) is 6.28. The molecule has 1 heterocycles. The van der Waals surface area contributed by atoms with E-state index in [0.717, 1.165) is 0 Å². The molecule has 1 aromatic carbocycles. The van der Waals surface area contributed by atoms with Gasteiger partial charge in [-0.3, -0.25) is 10.1 Å². The Morgan fingerprint density at radius 2 is 2.23 bits per heavy atom. The highest BCUT2D eigenvalue weighted by Gasteiger charge is 2.29. The van der Waals surface area contributed by atoms with Gasteiger partial charge in [0.2, 0.25) is 5.91 Å². The van der Waals surface area contributed by atoms with Gasteiger partial charge < -0.3 is 10.1 Å². The van der Waals surface area contributed by atoms with Gasteiger partial charge in [-0.15, -0.1) is 24.2 Å². The van der Waals surface area contributed by atoms with Gasteiger partial charge in [-0.25, -0.2) is 0 Å². The SMILES string of the molecule is Cc1c(NC(=O)C2CSCN2)cccc1OCC(F)(F)F.Cl. The number of amides is 1. The first-order chi connectivity index (χ1) is 9.87. The van der Waals surface area contributed by atoms with Crippen molar-refractivity contribution in [3.8, 4) is 5.75 Å². The van der Waals surface area contributed by atoms with Gasteiger partial charge in [-0.1, -0.05) is 6.07 Å². The van der Waals surface area contributed by atoms with Gasteiger partial charge in [0.05, 0.1) is 6.04 Å². The van der Waals surface area contributed by atoms with Crippen LogP contribution in [0.2, 0.25) is 0 Å². The summed E-state index contributed by atoms with van der Waals surface area (Å²) in [5.41, 5.74) is 0.930. The highest BCUT2D eigenvalue weighted by molar-refractivity contribution is 7.99. The molecular formula is C13H16ClF3N2O2S. The Morgan fingerprint density at radius 1 is 1.50 bits per heavy atom. The van der Waals surface area contributed by atoms with Crippen LogP contribution in [0.3, 0.4) is 0 Å². The maximum Gasteiger partial charge on any atom is 0.422 e. The molecular weight excluding hydrogens is 341 g/mol. The lowest BCUT2D eigenvalue weighted by atomic mass is 10.1. The van der Waals surface area contributed by atoms with Crippen molar-refractivity contribution >= 4 is 35.8 Å². The van der Waals surface area contributed by atoms with Gasteiger partial charge in [0.25, 0.3) is 0 Å². The van der Waals surface area contributed by atoms with E-state index in [-0.39, 0.29) is 30.1 Å². The van der Waals surface area contributed by atoms with E-state index < -0.39 is 12.8 Å². The summed E-state index contributed by atoms with van der Waals surface area (Å²) in [5.74, 6) is 1.30. The first kappa shape index (κ1) is 18.9. The molecule has 1 aromatic rings. The number of rotatable bonds is 4. The van der Waals surface area contributed by atoms with Crippen molar-refractivity contribution in [2.45, 2.75) is 19.1 Å². The molecule has 22 heavy (non-hydrogen) atoms. The Balaban J connectivity index is 0.00000242. The Kier molecular flexibility index (Phi) is 6.83. The van der Waals surface area contributed by atoms with Crippen molar-refractivity contribution in [3.05, 3.63) is 23.8 Å². The summed E-state index contributed by atoms with van der Waals surface area (Å²) in [5, 5.41) is 5.74. The van der Waals surface area contributed by atoms with Crippen LogP contribution in [0.25, 0.3) is 0 Å². The Labute approximate surface area is 136 Å². The molecule has 1 unspecified atom stereocenters. The molecule has 1 aliphatic heterocycles. The second-order valence-corrected chi connectivity index (χ2v) is 5.62. The van der Waals surface area contributed by atoms with Crippen LogP contribution in [-0.2, 0) is 4.79 Å². The molecule has 1 atom stereocenters. The van der Waals surface area contributed by atoms with Crippen molar-refractivity contribution < 1.29 is 22.7 Å². The minimum atomic E-state index is -4.39. The average molecular weight is 357 g/mol. The summed E-state index contributed by atoms with van der Waals surface area (Å²) in [6, 6.07) is 4.34. The molecule has 0 aromatic heterocycles. The van der Waals surface area contributed by atoms with Gasteiger partial charge in [0.1, 0.15) is 5.75 Å². The lowest BCUT2D eigenvalue weighted by molar-refractivity contribution is -0.153. The van der Waals surface area contributed by atoms with Crippen LogP contribution < -0.4 is 15.4 Å². The van der Waals surface area contributed by atoms with Crippen LogP contribution in [-0.4, -0.2) is 36.4 Å². The van der Waals surface area contributed by atoms with Crippen LogP contribution in [0.15, 0.2) is 18.2 Å². The zero-order chi connectivity index (χ0) is 15.5. The van der Waals surface area contributed by atoms with Crippen LogP contribution in [0.4, 0.5) is 18.9 Å². The fraction of sp³-hybridized carbons (Fsp3) is 0.462. The minimum absolute atomic E-state index is 0. The molecule has 124 valence electrons. The fourth-order valence-corrected chi connectivity index (χ4v) is 2.79. The van der Waals surface area contributed by atoms with E-state index in [9.17, 15) is 18.0 Å². The van der Waals surface area contributed by atoms with Crippen molar-refractivity contribution in [2.24, 2.45) is 0 Å². The topological polar surface area (TPSA) is 50.4 Å². The number of alkyl halides is 3. The number of anilines is 1. The molecule has 0 saturated carbocycles. The third-order valence-electron chi connectivity index (χ3n) is 2.97. The van der Waals surface area contributed by atoms with E-state index in [0.29, 0.717) is 22.9 Å². The molecule has 2 rings (SSSR count). The molecule has 2 N–H and O–H groups in total. The van der Waals surface area contributed by atoms with Crippen LogP contribution >= 0.6 is 24.2 Å². The van der Waals surface area contributed by atoms with Gasteiger partial charge >= 0.3 is 6.18 Å². The summed E-state index contributed by atoms with van der Waals surface area (Å²) < 4.78 is 41.3. The second kappa shape index (κ2) is 7.94. The third-order valence-corrected chi connectivity index (χ3v) is 3.91. The zero-order valence-electron chi connectivity index (χ0n) is 11.7. The maximum atomic E-state index is 12.2. The molecule has 1 amide bonds. The Morgan fingerprint density at radius 3 is 2.82 bits per heavy atom. The van der Waals surface area contributed by atoms with E-state index in [2.05, 4.69) is 10.6 Å². The highest BCUT2D eigenvalue weighted by Crippen LogP contribution is 2.27. The van der Waals surface area contributed by atoms with Crippen molar-refractivity contribution in [2.75, 3.05) is 23.6 Å². The number of halogens is 4. The average Bonchev–Trinajstić information content (AvgIpc) is 2.92. The number of benzene rings is 1. The van der Waals surface area contributed by atoms with Crippen LogP contribution in [0.1, 0.15) is 5.56 Å². The van der Waals surface area contributed by atoms with Crippen molar-refractivity contribution in [3.63, 3.8) is 0 Å². The summed E-state index contributed by atoms with van der Waals surface area (Å²) in [4.78, 5) is 12.0. The molecule has 1 aliphatic rings. The molecule has 4 nitrogen and oxygen atoms in total. The molecule has 1 fully saturated rings. The van der Waals surface area contributed by atoms with E-state index in [1.165, 1.54) is 6.07 Å². The van der Waals surface area contributed by atoms with Crippen molar-refractivity contribution in [1.29, 1.82) is 0 Å². The normalized spacial score (nSPS) is 17.7. The monoisotopic (exact) mass is 356 g/mol. The van der Waals surface area contributed by atoms with E-state index in [1.807, 2.05) is 0 Å². The molecule has 0 radical (unpaired) electrons. The van der Waals surface area contributed by atoms with Gasteiger partial charge in [0.15, 0.2) is 6.61 Å². The number of nitrogens with one attached hydrogen (secondary N) is 2. The summed E-state index contributed by atoms with van der Waals surface area (Å²) in [6.45, 7) is 0.254. The van der Waals surface area contributed by atoms with Gasteiger partial charge in [0, 0.05) is 22.9 Å². The number of carbonyl (C=O) groups excluding carboxylic acids is 1. The van der Waals surface area contributed by atoms with Crippen LogP contribution in [0.5, 0.6) is 5.75 Å². The molecule has 9 heteroatoms. The molecule has 0 bridgehead atoms. The number of hydrogen-bond acceptors (Lipinski definition) is 4. The van der Waals surface area contributed by atoms with E-state index >= 15 is 0 Å². The summed E-state index contributed by atoms with van der Waals surface area (Å²) in [6.07, 6.45) is -4.39. The number of carbonyl (C=O) groups is 1. The molecule has 0 aliphatic carbocycles. The number of thioether (sulfide) groups is 1. The second-order valence-electron chi connectivity index (χ2n) is 4.59. The van der Waals surface area contributed by atoms with Gasteiger partial charge in [-0.2, -0.15) is 13.2 Å². The quantitative estimate of drug-likeness (QED) is 0.871. The zero-order valence-corrected chi connectivity index (χ0v) is 13.3. The predicted octanol–water partition coefficient (Wildman–Crippen LogP) is 2.96. The highest BCUT2D eigenvalue weighted by atomic mass is 35.5. The standard InChI is InChI=1S/C13H15F3N2O2S.ClH/c1-8-9(18-12(19)10-5-21-7-17-10)3-2-4-11(8)20-6-13(14,15)16;/h2-4,10,17H,5-7H2,1H3,(H,18,19);1H. The fourth-order valence-electron chi connectivity index (χ4n) is 1.85. The Hall–Kier alpha value is -1.12. The predicted molar refractivity (Wildman–Crippen MR) is 82.9 cm³/mol. The molecule has 1 saturated heterocycles. The Bertz CT molecular complexity index is 522. The van der Waals surface area contributed by atoms with Gasteiger partial charge in [-0.05, 0) is 19.1 Å². The first-order valence-corrected chi connectivity index (χ1v) is 7.43. The number of ether oxygens (including phenoxy) is 1. The lowest BCUT2D eigenvalue weighted by Crippen LogP contribution is -2.37. The lowest BCUT2D eigenvalue weighted by Gasteiger charge is -2.16. The van der Waals surface area contributed by atoms with E-state index in [1.54, 1.807) is 30.8 Å². The minimum Gasteiger partial charge on any atom is -0.484 e.